The van der Waals surface area contributed by atoms with E-state index in [4.69, 9.17) is 0 Å². The van der Waals surface area contributed by atoms with Gasteiger partial charge >= 0.3 is 0 Å². The summed E-state index contributed by atoms with van der Waals surface area (Å²) in [5.74, 6) is 1.99. The molecular weight excluding hydrogens is 224 g/mol. The Kier molecular flexibility index (Phi) is 3.65. The highest BCUT2D eigenvalue weighted by Crippen LogP contribution is 2.19. The second kappa shape index (κ2) is 5.21. The maximum atomic E-state index is 4.21. The quantitative estimate of drug-likeness (QED) is 0.899. The number of nitrogens with zero attached hydrogens (tertiary/aromatic N) is 3. The highest BCUT2D eigenvalue weighted by molar-refractivity contribution is 5.56. The van der Waals surface area contributed by atoms with Crippen LogP contribution in [0.5, 0.6) is 0 Å². The van der Waals surface area contributed by atoms with Crippen molar-refractivity contribution in [1.82, 2.24) is 14.8 Å². The Labute approximate surface area is 108 Å². The van der Waals surface area contributed by atoms with E-state index in [1.165, 1.54) is 16.8 Å². The number of anilines is 1. The van der Waals surface area contributed by atoms with E-state index in [0.29, 0.717) is 6.54 Å². The topological polar surface area (TPSA) is 42.7 Å². The van der Waals surface area contributed by atoms with Crippen molar-refractivity contribution in [3.05, 3.63) is 41.0 Å². The third-order valence-corrected chi connectivity index (χ3v) is 3.28. The van der Waals surface area contributed by atoms with Gasteiger partial charge in [-0.2, -0.15) is 0 Å². The molecule has 0 aliphatic rings. The molecule has 1 N–H and O–H groups in total. The van der Waals surface area contributed by atoms with Crippen molar-refractivity contribution in [1.29, 1.82) is 0 Å². The van der Waals surface area contributed by atoms with Gasteiger partial charge < -0.3 is 9.88 Å². The SMILES string of the molecule is CCc1nnc(CNc2c(C)cccc2C)n1C. The summed E-state index contributed by atoms with van der Waals surface area (Å²) in [5.41, 5.74) is 3.71. The first-order valence-corrected chi connectivity index (χ1v) is 6.30. The van der Waals surface area contributed by atoms with Crippen molar-refractivity contribution in [3.8, 4) is 0 Å². The largest absolute Gasteiger partial charge is 0.377 e. The molecule has 2 aromatic rings. The molecule has 4 heteroatoms. The van der Waals surface area contributed by atoms with E-state index in [-0.39, 0.29) is 0 Å². The van der Waals surface area contributed by atoms with Gasteiger partial charge in [-0.25, -0.2) is 0 Å². The predicted molar refractivity (Wildman–Crippen MR) is 73.6 cm³/mol. The second-order valence-corrected chi connectivity index (χ2v) is 4.57. The molecule has 0 spiro atoms. The average Bonchev–Trinajstić information content (AvgIpc) is 2.70. The van der Waals surface area contributed by atoms with Crippen LogP contribution in [0.15, 0.2) is 18.2 Å². The highest BCUT2D eigenvalue weighted by atomic mass is 15.3. The van der Waals surface area contributed by atoms with Gasteiger partial charge in [-0.1, -0.05) is 25.1 Å². The lowest BCUT2D eigenvalue weighted by Gasteiger charge is -2.12. The third kappa shape index (κ3) is 2.37. The number of hydrogen-bond acceptors (Lipinski definition) is 3. The summed E-state index contributed by atoms with van der Waals surface area (Å²) in [7, 11) is 2.01. The molecule has 2 rings (SSSR count). The number of nitrogens with one attached hydrogen (secondary N) is 1. The van der Waals surface area contributed by atoms with E-state index < -0.39 is 0 Å². The van der Waals surface area contributed by atoms with Gasteiger partial charge in [0.25, 0.3) is 0 Å². The summed E-state index contributed by atoms with van der Waals surface area (Å²) in [6, 6.07) is 6.31. The molecule has 0 amide bonds. The summed E-state index contributed by atoms with van der Waals surface area (Å²) in [6.45, 7) is 7.02. The Bertz CT molecular complexity index is 522. The molecule has 0 atom stereocenters. The summed E-state index contributed by atoms with van der Waals surface area (Å²) < 4.78 is 2.06. The van der Waals surface area contributed by atoms with Crippen molar-refractivity contribution in [3.63, 3.8) is 0 Å². The number of hydrogen-bond donors (Lipinski definition) is 1. The fraction of sp³-hybridized carbons (Fsp3) is 0.429. The lowest BCUT2D eigenvalue weighted by molar-refractivity contribution is 0.762. The van der Waals surface area contributed by atoms with E-state index in [1.54, 1.807) is 0 Å². The monoisotopic (exact) mass is 244 g/mol. The molecule has 1 aromatic heterocycles. The van der Waals surface area contributed by atoms with Gasteiger partial charge in [0.15, 0.2) is 5.82 Å². The van der Waals surface area contributed by atoms with Crippen LogP contribution in [0.3, 0.4) is 0 Å². The van der Waals surface area contributed by atoms with Crippen LogP contribution in [0.25, 0.3) is 0 Å². The van der Waals surface area contributed by atoms with E-state index in [9.17, 15) is 0 Å². The minimum Gasteiger partial charge on any atom is -0.377 e. The Balaban J connectivity index is 2.14. The molecule has 0 saturated carbocycles. The average molecular weight is 244 g/mol. The molecule has 1 aromatic carbocycles. The van der Waals surface area contributed by atoms with Gasteiger partial charge in [-0.15, -0.1) is 10.2 Å². The molecule has 0 saturated heterocycles. The second-order valence-electron chi connectivity index (χ2n) is 4.57. The molecule has 0 fully saturated rings. The molecule has 0 unspecified atom stereocenters. The van der Waals surface area contributed by atoms with Gasteiger partial charge in [0.2, 0.25) is 0 Å². The predicted octanol–water partition coefficient (Wildman–Crippen LogP) is 2.61. The Hall–Kier alpha value is -1.84. The van der Waals surface area contributed by atoms with Gasteiger partial charge in [0.05, 0.1) is 6.54 Å². The number of aryl methyl sites for hydroxylation is 3. The van der Waals surface area contributed by atoms with Crippen LogP contribution in [0, 0.1) is 13.8 Å². The zero-order valence-electron chi connectivity index (χ0n) is 11.5. The number of rotatable bonds is 4. The van der Waals surface area contributed by atoms with Crippen LogP contribution < -0.4 is 5.32 Å². The molecule has 0 aliphatic carbocycles. The van der Waals surface area contributed by atoms with Gasteiger partial charge in [0, 0.05) is 19.2 Å². The highest BCUT2D eigenvalue weighted by Gasteiger charge is 2.08. The molecule has 1 heterocycles. The molecule has 0 bridgehead atoms. The Morgan fingerprint density at radius 1 is 1.11 bits per heavy atom. The van der Waals surface area contributed by atoms with Crippen LogP contribution in [0.2, 0.25) is 0 Å². The molecule has 4 nitrogen and oxygen atoms in total. The van der Waals surface area contributed by atoms with Gasteiger partial charge in [-0.05, 0) is 25.0 Å². The summed E-state index contributed by atoms with van der Waals surface area (Å²) in [4.78, 5) is 0. The number of para-hydroxylation sites is 1. The molecule has 0 radical (unpaired) electrons. The lowest BCUT2D eigenvalue weighted by atomic mass is 10.1. The van der Waals surface area contributed by atoms with Crippen molar-refractivity contribution in [2.24, 2.45) is 7.05 Å². The van der Waals surface area contributed by atoms with Crippen molar-refractivity contribution >= 4 is 5.69 Å². The van der Waals surface area contributed by atoms with Crippen molar-refractivity contribution < 1.29 is 0 Å². The van der Waals surface area contributed by atoms with Crippen molar-refractivity contribution in [2.75, 3.05) is 5.32 Å². The Morgan fingerprint density at radius 3 is 2.28 bits per heavy atom. The van der Waals surface area contributed by atoms with Crippen LogP contribution in [-0.2, 0) is 20.0 Å². The number of benzene rings is 1. The van der Waals surface area contributed by atoms with Crippen LogP contribution >= 0.6 is 0 Å². The summed E-state index contributed by atoms with van der Waals surface area (Å²) in [6.07, 6.45) is 0.910. The smallest absolute Gasteiger partial charge is 0.152 e. The maximum absolute atomic E-state index is 4.21. The third-order valence-electron chi connectivity index (χ3n) is 3.28. The zero-order chi connectivity index (χ0) is 13.1. The molecule has 0 aliphatic heterocycles. The standard InChI is InChI=1S/C14H20N4/c1-5-12-16-17-13(18(12)4)9-15-14-10(2)7-6-8-11(14)3/h6-8,15H,5,9H2,1-4H3. The zero-order valence-corrected chi connectivity index (χ0v) is 11.5. The minimum atomic E-state index is 0.704. The minimum absolute atomic E-state index is 0.704. The van der Waals surface area contributed by atoms with E-state index in [0.717, 1.165) is 18.1 Å². The van der Waals surface area contributed by atoms with E-state index in [2.05, 4.69) is 59.1 Å². The maximum Gasteiger partial charge on any atom is 0.152 e. The summed E-state index contributed by atoms with van der Waals surface area (Å²) >= 11 is 0. The van der Waals surface area contributed by atoms with Gasteiger partial charge in [0.1, 0.15) is 5.82 Å². The first kappa shape index (κ1) is 12.6. The molecule has 18 heavy (non-hydrogen) atoms. The number of aromatic nitrogens is 3. The van der Waals surface area contributed by atoms with E-state index in [1.807, 2.05) is 7.05 Å². The van der Waals surface area contributed by atoms with E-state index >= 15 is 0 Å². The van der Waals surface area contributed by atoms with Crippen LogP contribution in [0.1, 0.15) is 29.7 Å². The molecule has 96 valence electrons. The normalized spacial score (nSPS) is 10.7. The first-order valence-electron chi connectivity index (χ1n) is 6.30. The fourth-order valence-electron chi connectivity index (χ4n) is 2.12. The molecular formula is C14H20N4. The van der Waals surface area contributed by atoms with Crippen LogP contribution in [-0.4, -0.2) is 14.8 Å². The fourth-order valence-corrected chi connectivity index (χ4v) is 2.12. The summed E-state index contributed by atoms with van der Waals surface area (Å²) in [5, 5.41) is 11.8. The lowest BCUT2D eigenvalue weighted by Crippen LogP contribution is -2.09. The van der Waals surface area contributed by atoms with Crippen LogP contribution in [0.4, 0.5) is 5.69 Å². The Morgan fingerprint density at radius 2 is 1.72 bits per heavy atom. The first-order chi connectivity index (χ1) is 8.63. The van der Waals surface area contributed by atoms with Crippen molar-refractivity contribution in [2.45, 2.75) is 33.7 Å². The van der Waals surface area contributed by atoms with Gasteiger partial charge in [-0.3, -0.25) is 0 Å².